The van der Waals surface area contributed by atoms with Crippen molar-refractivity contribution in [3.05, 3.63) is 29.8 Å². The molecule has 1 amide bonds. The zero-order valence-electron chi connectivity index (χ0n) is 11.2. The monoisotopic (exact) mass is 250 g/mol. The van der Waals surface area contributed by atoms with Crippen molar-refractivity contribution in [1.29, 1.82) is 0 Å². The van der Waals surface area contributed by atoms with Gasteiger partial charge in [-0.15, -0.1) is 0 Å². The molecule has 0 heterocycles. The predicted octanol–water partition coefficient (Wildman–Crippen LogP) is 1.70. The van der Waals surface area contributed by atoms with Crippen LogP contribution >= 0.6 is 0 Å². The Hall–Kier alpha value is -1.55. The van der Waals surface area contributed by atoms with Crippen LogP contribution in [0.5, 0.6) is 0 Å². The van der Waals surface area contributed by atoms with Gasteiger partial charge in [-0.2, -0.15) is 0 Å². The van der Waals surface area contributed by atoms with Crippen LogP contribution in [0.2, 0.25) is 0 Å². The van der Waals surface area contributed by atoms with Crippen molar-refractivity contribution in [3.63, 3.8) is 0 Å². The summed E-state index contributed by atoms with van der Waals surface area (Å²) in [6.07, 6.45) is 2.06. The van der Waals surface area contributed by atoms with Crippen LogP contribution in [0.4, 0.5) is 5.69 Å². The lowest BCUT2D eigenvalue weighted by Gasteiger charge is -2.17. The van der Waals surface area contributed by atoms with Crippen LogP contribution < -0.4 is 5.73 Å². The molecule has 0 saturated heterocycles. The standard InChI is InChI=1S/C14H22N2O2/c1-16(10-5-11-18-2)14(17)9-8-12-6-3-4-7-13(12)15/h3-4,6-7H,5,8-11,15H2,1-2H3. The van der Waals surface area contributed by atoms with Gasteiger partial charge in [0.1, 0.15) is 0 Å². The van der Waals surface area contributed by atoms with Crippen LogP contribution in [0, 0.1) is 0 Å². The third-order valence-corrected chi connectivity index (χ3v) is 2.93. The maximum absolute atomic E-state index is 11.9. The summed E-state index contributed by atoms with van der Waals surface area (Å²) in [4.78, 5) is 13.6. The van der Waals surface area contributed by atoms with Crippen LogP contribution in [0.1, 0.15) is 18.4 Å². The number of ether oxygens (including phenoxy) is 1. The molecule has 0 aromatic heterocycles. The van der Waals surface area contributed by atoms with E-state index >= 15 is 0 Å². The lowest BCUT2D eigenvalue weighted by atomic mass is 10.1. The van der Waals surface area contributed by atoms with Crippen molar-refractivity contribution >= 4 is 11.6 Å². The van der Waals surface area contributed by atoms with Gasteiger partial charge in [0.05, 0.1) is 0 Å². The number of methoxy groups -OCH3 is 1. The molecule has 0 unspecified atom stereocenters. The molecule has 18 heavy (non-hydrogen) atoms. The molecule has 100 valence electrons. The maximum Gasteiger partial charge on any atom is 0.222 e. The first-order valence-corrected chi connectivity index (χ1v) is 6.21. The Morgan fingerprint density at radius 3 is 2.78 bits per heavy atom. The zero-order chi connectivity index (χ0) is 13.4. The molecule has 0 bridgehead atoms. The van der Waals surface area contributed by atoms with Crippen LogP contribution in [0.25, 0.3) is 0 Å². The summed E-state index contributed by atoms with van der Waals surface area (Å²) in [6.45, 7) is 1.42. The first-order chi connectivity index (χ1) is 8.65. The number of nitrogens with two attached hydrogens (primary N) is 1. The van der Waals surface area contributed by atoms with E-state index in [1.54, 1.807) is 12.0 Å². The molecular formula is C14H22N2O2. The van der Waals surface area contributed by atoms with Gasteiger partial charge in [0.15, 0.2) is 0 Å². The molecule has 0 aliphatic rings. The molecule has 0 radical (unpaired) electrons. The highest BCUT2D eigenvalue weighted by Gasteiger charge is 2.09. The van der Waals surface area contributed by atoms with Crippen LogP contribution in [-0.4, -0.2) is 38.1 Å². The summed E-state index contributed by atoms with van der Waals surface area (Å²) >= 11 is 0. The van der Waals surface area contributed by atoms with Gasteiger partial charge in [-0.1, -0.05) is 18.2 Å². The predicted molar refractivity (Wildman–Crippen MR) is 73.3 cm³/mol. The number of nitrogen functional groups attached to an aromatic ring is 1. The number of rotatable bonds is 7. The van der Waals surface area contributed by atoms with Gasteiger partial charge in [0.25, 0.3) is 0 Å². The fourth-order valence-corrected chi connectivity index (χ4v) is 1.77. The number of nitrogens with zero attached hydrogens (tertiary/aromatic N) is 1. The summed E-state index contributed by atoms with van der Waals surface area (Å²) in [7, 11) is 3.49. The van der Waals surface area contributed by atoms with Gasteiger partial charge < -0.3 is 15.4 Å². The fraction of sp³-hybridized carbons (Fsp3) is 0.500. The van der Waals surface area contributed by atoms with Crippen LogP contribution in [0.15, 0.2) is 24.3 Å². The molecule has 0 aliphatic heterocycles. The van der Waals surface area contributed by atoms with Crippen molar-refractivity contribution in [2.45, 2.75) is 19.3 Å². The number of amides is 1. The minimum Gasteiger partial charge on any atom is -0.399 e. The number of anilines is 1. The van der Waals surface area contributed by atoms with Crippen molar-refractivity contribution in [3.8, 4) is 0 Å². The zero-order valence-corrected chi connectivity index (χ0v) is 11.2. The van der Waals surface area contributed by atoms with Crippen LogP contribution in [-0.2, 0) is 16.0 Å². The van der Waals surface area contributed by atoms with E-state index in [2.05, 4.69) is 0 Å². The number of benzene rings is 1. The first-order valence-electron chi connectivity index (χ1n) is 6.21. The topological polar surface area (TPSA) is 55.6 Å². The number of hydrogen-bond donors (Lipinski definition) is 1. The number of carbonyl (C=O) groups is 1. The molecule has 0 saturated carbocycles. The van der Waals surface area contributed by atoms with Gasteiger partial charge >= 0.3 is 0 Å². The number of aryl methyl sites for hydroxylation is 1. The molecule has 2 N–H and O–H groups in total. The third kappa shape index (κ3) is 4.75. The number of hydrogen-bond acceptors (Lipinski definition) is 3. The maximum atomic E-state index is 11.9. The fourth-order valence-electron chi connectivity index (χ4n) is 1.77. The molecule has 1 rings (SSSR count). The van der Waals surface area contributed by atoms with Gasteiger partial charge in [-0.05, 0) is 24.5 Å². The van der Waals surface area contributed by atoms with E-state index in [0.717, 1.165) is 24.2 Å². The number of carbonyl (C=O) groups excluding carboxylic acids is 1. The summed E-state index contributed by atoms with van der Waals surface area (Å²) in [6, 6.07) is 7.67. The molecule has 4 nitrogen and oxygen atoms in total. The van der Waals surface area contributed by atoms with E-state index in [9.17, 15) is 4.79 Å². The van der Waals surface area contributed by atoms with E-state index in [4.69, 9.17) is 10.5 Å². The van der Waals surface area contributed by atoms with E-state index in [1.807, 2.05) is 31.3 Å². The van der Waals surface area contributed by atoms with Gasteiger partial charge in [-0.3, -0.25) is 4.79 Å². The summed E-state index contributed by atoms with van der Waals surface area (Å²) in [5, 5.41) is 0. The normalized spacial score (nSPS) is 10.3. The lowest BCUT2D eigenvalue weighted by molar-refractivity contribution is -0.130. The van der Waals surface area contributed by atoms with Crippen LogP contribution in [0.3, 0.4) is 0 Å². The van der Waals surface area contributed by atoms with E-state index in [0.29, 0.717) is 19.4 Å². The minimum absolute atomic E-state index is 0.148. The second-order valence-corrected chi connectivity index (χ2v) is 4.36. The summed E-state index contributed by atoms with van der Waals surface area (Å²) in [5.41, 5.74) is 7.63. The van der Waals surface area contributed by atoms with Gasteiger partial charge in [0, 0.05) is 39.4 Å². The largest absolute Gasteiger partial charge is 0.399 e. The molecule has 4 heteroatoms. The average Bonchev–Trinajstić information content (AvgIpc) is 2.37. The smallest absolute Gasteiger partial charge is 0.222 e. The Morgan fingerprint density at radius 1 is 1.39 bits per heavy atom. The molecule has 0 fully saturated rings. The molecule has 0 aliphatic carbocycles. The van der Waals surface area contributed by atoms with Gasteiger partial charge in [0.2, 0.25) is 5.91 Å². The molecule has 0 atom stereocenters. The summed E-state index contributed by atoms with van der Waals surface area (Å²) < 4.78 is 4.96. The Labute approximate surface area is 109 Å². The summed E-state index contributed by atoms with van der Waals surface area (Å²) in [5.74, 6) is 0.148. The highest BCUT2D eigenvalue weighted by molar-refractivity contribution is 5.76. The SMILES string of the molecule is COCCCN(C)C(=O)CCc1ccccc1N. The second kappa shape index (κ2) is 7.71. The van der Waals surface area contributed by atoms with Crippen molar-refractivity contribution in [2.24, 2.45) is 0 Å². The highest BCUT2D eigenvalue weighted by atomic mass is 16.5. The third-order valence-electron chi connectivity index (χ3n) is 2.93. The second-order valence-electron chi connectivity index (χ2n) is 4.36. The van der Waals surface area contributed by atoms with E-state index in [1.165, 1.54) is 0 Å². The Bertz CT molecular complexity index is 380. The molecular weight excluding hydrogens is 228 g/mol. The molecule has 0 spiro atoms. The Morgan fingerprint density at radius 2 is 2.11 bits per heavy atom. The van der Waals surface area contributed by atoms with E-state index < -0.39 is 0 Å². The first kappa shape index (κ1) is 14.5. The van der Waals surface area contributed by atoms with E-state index in [-0.39, 0.29) is 5.91 Å². The lowest BCUT2D eigenvalue weighted by Crippen LogP contribution is -2.28. The van der Waals surface area contributed by atoms with Crippen molar-refractivity contribution in [2.75, 3.05) is 33.0 Å². The quantitative estimate of drug-likeness (QED) is 0.592. The minimum atomic E-state index is 0.148. The molecule has 1 aromatic carbocycles. The Kier molecular flexibility index (Phi) is 6.22. The van der Waals surface area contributed by atoms with Gasteiger partial charge in [-0.25, -0.2) is 0 Å². The van der Waals surface area contributed by atoms with Crippen molar-refractivity contribution < 1.29 is 9.53 Å². The molecule has 1 aromatic rings. The number of para-hydroxylation sites is 1. The Balaban J connectivity index is 2.34. The highest BCUT2D eigenvalue weighted by Crippen LogP contribution is 2.13. The average molecular weight is 250 g/mol. The van der Waals surface area contributed by atoms with Crippen molar-refractivity contribution in [1.82, 2.24) is 4.90 Å².